The van der Waals surface area contributed by atoms with Crippen molar-refractivity contribution in [1.82, 2.24) is 15.3 Å². The maximum atomic E-state index is 12.1. The van der Waals surface area contributed by atoms with Crippen molar-refractivity contribution in [3.05, 3.63) is 47.7 Å². The molecule has 9 heteroatoms. The molecule has 2 aromatic heterocycles. The summed E-state index contributed by atoms with van der Waals surface area (Å²) < 4.78 is 5.53. The van der Waals surface area contributed by atoms with Crippen LogP contribution in [0.3, 0.4) is 0 Å². The summed E-state index contributed by atoms with van der Waals surface area (Å²) in [5.41, 5.74) is 3.55. The number of carbonyl (C=O) groups is 2. The second-order valence-corrected chi connectivity index (χ2v) is 8.21. The number of carboxylic acids is 1. The molecule has 0 fully saturated rings. The Bertz CT molecular complexity index is 1080. The van der Waals surface area contributed by atoms with Crippen molar-refractivity contribution in [2.45, 2.75) is 51.0 Å². The van der Waals surface area contributed by atoms with Crippen molar-refractivity contribution in [1.29, 1.82) is 0 Å². The fourth-order valence-electron chi connectivity index (χ4n) is 3.88. The van der Waals surface area contributed by atoms with Crippen LogP contribution in [0, 0.1) is 0 Å². The van der Waals surface area contributed by atoms with Crippen LogP contribution < -0.4 is 16.0 Å². The standard InChI is InChI=1S/C24H29N5O4/c30-21(10-4-1-7-17-12-11-16-6-5-14-26-22(16)27-17)25-15-13-19(23(31)32)29-24-28-18-8-2-3-9-20(18)33-24/h2-3,8-9,11-12,19H,1,4-7,10,13-15H2,(H,25,30)(H,26,27)(H,28,29)(H,31,32)/t19-/m0/s1. The molecule has 0 radical (unpaired) electrons. The highest BCUT2D eigenvalue weighted by molar-refractivity contribution is 5.79. The van der Waals surface area contributed by atoms with Crippen LogP contribution in [0.1, 0.15) is 43.4 Å². The highest BCUT2D eigenvalue weighted by Gasteiger charge is 2.20. The topological polar surface area (TPSA) is 129 Å². The van der Waals surface area contributed by atoms with Gasteiger partial charge in [0.1, 0.15) is 17.4 Å². The number of anilines is 2. The summed E-state index contributed by atoms with van der Waals surface area (Å²) in [6.07, 6.45) is 5.28. The Hall–Kier alpha value is -3.62. The minimum atomic E-state index is -1.03. The van der Waals surface area contributed by atoms with E-state index >= 15 is 0 Å². The number of benzene rings is 1. The fraction of sp³-hybridized carbons (Fsp3) is 0.417. The van der Waals surface area contributed by atoms with E-state index in [-0.39, 0.29) is 24.9 Å². The molecule has 3 heterocycles. The third-order valence-electron chi connectivity index (χ3n) is 5.68. The summed E-state index contributed by atoms with van der Waals surface area (Å²) in [7, 11) is 0. The minimum absolute atomic E-state index is 0.0823. The molecule has 1 atom stereocenters. The zero-order chi connectivity index (χ0) is 23.0. The van der Waals surface area contributed by atoms with E-state index in [1.54, 1.807) is 12.1 Å². The predicted octanol–water partition coefficient (Wildman–Crippen LogP) is 3.37. The van der Waals surface area contributed by atoms with Crippen LogP contribution in [-0.4, -0.2) is 46.1 Å². The number of aliphatic carboxylic acids is 1. The Morgan fingerprint density at radius 3 is 2.88 bits per heavy atom. The number of hydrogen-bond acceptors (Lipinski definition) is 7. The lowest BCUT2D eigenvalue weighted by atomic mass is 10.1. The van der Waals surface area contributed by atoms with Crippen molar-refractivity contribution in [3.63, 3.8) is 0 Å². The SMILES string of the molecule is O=C(CCCCc1ccc2c(n1)NCCC2)NCC[C@H](Nc1nc2ccccc2o1)C(=O)O. The van der Waals surface area contributed by atoms with E-state index in [2.05, 4.69) is 38.1 Å². The molecular weight excluding hydrogens is 422 g/mol. The van der Waals surface area contributed by atoms with Crippen LogP contribution >= 0.6 is 0 Å². The predicted molar refractivity (Wildman–Crippen MR) is 125 cm³/mol. The van der Waals surface area contributed by atoms with Crippen LogP contribution in [0.15, 0.2) is 40.8 Å². The van der Waals surface area contributed by atoms with Gasteiger partial charge >= 0.3 is 5.97 Å². The summed E-state index contributed by atoms with van der Waals surface area (Å²) in [5.74, 6) is -0.115. The lowest BCUT2D eigenvalue weighted by Crippen LogP contribution is -2.34. The Kier molecular flexibility index (Phi) is 7.39. The van der Waals surface area contributed by atoms with Gasteiger partial charge in [0, 0.05) is 25.2 Å². The molecule has 4 rings (SSSR count). The number of pyridine rings is 1. The van der Waals surface area contributed by atoms with Gasteiger partial charge in [-0.3, -0.25) is 4.79 Å². The molecule has 0 aliphatic carbocycles. The van der Waals surface area contributed by atoms with E-state index < -0.39 is 12.0 Å². The molecule has 1 aliphatic rings. The number of fused-ring (bicyclic) bond motifs is 2. The van der Waals surface area contributed by atoms with Crippen LogP contribution in [0.4, 0.5) is 11.8 Å². The van der Waals surface area contributed by atoms with E-state index in [9.17, 15) is 14.7 Å². The third kappa shape index (κ3) is 6.21. The van der Waals surface area contributed by atoms with Crippen LogP contribution in [0.25, 0.3) is 11.1 Å². The maximum Gasteiger partial charge on any atom is 0.326 e. The monoisotopic (exact) mass is 451 g/mol. The molecule has 9 nitrogen and oxygen atoms in total. The smallest absolute Gasteiger partial charge is 0.326 e. The number of nitrogens with one attached hydrogen (secondary N) is 3. The Labute approximate surface area is 192 Å². The number of rotatable bonds is 11. The Morgan fingerprint density at radius 2 is 2.03 bits per heavy atom. The third-order valence-corrected chi connectivity index (χ3v) is 5.68. The molecule has 0 saturated carbocycles. The van der Waals surface area contributed by atoms with Crippen molar-refractivity contribution in [2.24, 2.45) is 0 Å². The molecular formula is C24H29N5O4. The molecule has 0 unspecified atom stereocenters. The maximum absolute atomic E-state index is 12.1. The zero-order valence-corrected chi connectivity index (χ0v) is 18.5. The van der Waals surface area contributed by atoms with Gasteiger partial charge in [-0.05, 0) is 62.3 Å². The van der Waals surface area contributed by atoms with Crippen LogP contribution in [0.2, 0.25) is 0 Å². The zero-order valence-electron chi connectivity index (χ0n) is 18.5. The highest BCUT2D eigenvalue weighted by Crippen LogP contribution is 2.21. The first-order valence-electron chi connectivity index (χ1n) is 11.4. The molecule has 3 aromatic rings. The van der Waals surface area contributed by atoms with Gasteiger partial charge in [-0.25, -0.2) is 9.78 Å². The van der Waals surface area contributed by atoms with Gasteiger partial charge < -0.3 is 25.5 Å². The highest BCUT2D eigenvalue weighted by atomic mass is 16.4. The van der Waals surface area contributed by atoms with E-state index in [1.165, 1.54) is 5.56 Å². The molecule has 0 saturated heterocycles. The molecule has 1 amide bonds. The number of amides is 1. The van der Waals surface area contributed by atoms with Crippen molar-refractivity contribution in [2.75, 3.05) is 23.7 Å². The van der Waals surface area contributed by atoms with Gasteiger partial charge in [0.05, 0.1) is 0 Å². The molecule has 1 aliphatic heterocycles. The van der Waals surface area contributed by atoms with Gasteiger partial charge in [0.25, 0.3) is 6.01 Å². The number of aromatic nitrogens is 2. The summed E-state index contributed by atoms with van der Waals surface area (Å²) in [4.78, 5) is 32.6. The minimum Gasteiger partial charge on any atom is -0.480 e. The van der Waals surface area contributed by atoms with Crippen LogP contribution in [-0.2, 0) is 22.4 Å². The largest absolute Gasteiger partial charge is 0.480 e. The number of aryl methyl sites for hydroxylation is 2. The van der Waals surface area contributed by atoms with Gasteiger partial charge in [0.15, 0.2) is 5.58 Å². The van der Waals surface area contributed by atoms with Crippen molar-refractivity contribution in [3.8, 4) is 0 Å². The first kappa shape index (κ1) is 22.6. The van der Waals surface area contributed by atoms with Gasteiger partial charge in [-0.1, -0.05) is 18.2 Å². The number of nitrogens with zero attached hydrogens (tertiary/aromatic N) is 2. The summed E-state index contributed by atoms with van der Waals surface area (Å²) in [6, 6.07) is 10.7. The summed E-state index contributed by atoms with van der Waals surface area (Å²) >= 11 is 0. The van der Waals surface area contributed by atoms with Crippen molar-refractivity contribution >= 4 is 34.8 Å². The van der Waals surface area contributed by atoms with Gasteiger partial charge in [-0.2, -0.15) is 4.98 Å². The number of hydrogen-bond donors (Lipinski definition) is 4. The average molecular weight is 452 g/mol. The number of para-hydroxylation sites is 2. The number of unbranched alkanes of at least 4 members (excludes halogenated alkanes) is 1. The molecule has 1 aromatic carbocycles. The second-order valence-electron chi connectivity index (χ2n) is 8.21. The normalized spacial score (nSPS) is 13.7. The van der Waals surface area contributed by atoms with E-state index in [4.69, 9.17) is 4.42 Å². The molecule has 0 bridgehead atoms. The van der Waals surface area contributed by atoms with E-state index in [0.29, 0.717) is 17.5 Å². The summed E-state index contributed by atoms with van der Waals surface area (Å²) in [5, 5.41) is 18.4. The van der Waals surface area contributed by atoms with Gasteiger partial charge in [-0.15, -0.1) is 0 Å². The molecule has 174 valence electrons. The van der Waals surface area contributed by atoms with Gasteiger partial charge in [0.2, 0.25) is 5.91 Å². The van der Waals surface area contributed by atoms with Crippen molar-refractivity contribution < 1.29 is 19.1 Å². The van der Waals surface area contributed by atoms with E-state index in [0.717, 1.165) is 50.2 Å². The first-order chi connectivity index (χ1) is 16.1. The quantitative estimate of drug-likeness (QED) is 0.327. The number of carbonyl (C=O) groups excluding carboxylic acids is 1. The lowest BCUT2D eigenvalue weighted by molar-refractivity contribution is -0.138. The number of oxazole rings is 1. The Morgan fingerprint density at radius 1 is 1.15 bits per heavy atom. The van der Waals surface area contributed by atoms with E-state index in [1.807, 2.05) is 12.1 Å². The molecule has 4 N–H and O–H groups in total. The average Bonchev–Trinajstić information content (AvgIpc) is 3.23. The lowest BCUT2D eigenvalue weighted by Gasteiger charge is -2.17. The summed E-state index contributed by atoms with van der Waals surface area (Å²) in [6.45, 7) is 1.22. The number of carboxylic acid groups (broad SMARTS) is 1. The Balaban J connectivity index is 1.15. The first-order valence-corrected chi connectivity index (χ1v) is 11.4. The molecule has 0 spiro atoms. The molecule has 33 heavy (non-hydrogen) atoms. The fourth-order valence-corrected chi connectivity index (χ4v) is 3.88. The second kappa shape index (κ2) is 10.8. The van der Waals surface area contributed by atoms with Crippen LogP contribution in [0.5, 0.6) is 0 Å².